The molecule has 1 aromatic rings. The summed E-state index contributed by atoms with van der Waals surface area (Å²) >= 11 is 0. The molecule has 2 unspecified atom stereocenters. The summed E-state index contributed by atoms with van der Waals surface area (Å²) in [5, 5.41) is 8.95. The summed E-state index contributed by atoms with van der Waals surface area (Å²) in [4.78, 5) is 10.9. The number of carboxylic acids is 1. The number of ether oxygens (including phenoxy) is 1. The number of hydrogen-bond donors (Lipinski definition) is 2. The summed E-state index contributed by atoms with van der Waals surface area (Å²) in [6.45, 7) is 2.97. The van der Waals surface area contributed by atoms with Crippen molar-refractivity contribution in [2.75, 3.05) is 13.2 Å². The molecule has 0 radical (unpaired) electrons. The number of nitrogens with one attached hydrogen (secondary N) is 1. The van der Waals surface area contributed by atoms with Gasteiger partial charge in [0.2, 0.25) is 10.0 Å². The van der Waals surface area contributed by atoms with Crippen molar-refractivity contribution in [3.8, 4) is 0 Å². The van der Waals surface area contributed by atoms with E-state index in [2.05, 4.69) is 4.72 Å². The van der Waals surface area contributed by atoms with Crippen LogP contribution in [0.3, 0.4) is 0 Å². The van der Waals surface area contributed by atoms with Gasteiger partial charge in [-0.2, -0.15) is 0 Å². The molecule has 112 valence electrons. The quantitative estimate of drug-likeness (QED) is 0.822. The number of nitrogens with zero attached hydrogens (tertiary/aromatic N) is 1. The van der Waals surface area contributed by atoms with Gasteiger partial charge >= 0.3 is 5.97 Å². The minimum atomic E-state index is -3.72. The summed E-state index contributed by atoms with van der Waals surface area (Å²) in [5.41, 5.74) is -0.0674. The number of hydrogen-bond acceptors (Lipinski definition) is 4. The van der Waals surface area contributed by atoms with Gasteiger partial charge in [-0.05, 0) is 19.4 Å². The van der Waals surface area contributed by atoms with Crippen molar-refractivity contribution in [2.45, 2.75) is 24.3 Å². The van der Waals surface area contributed by atoms with Crippen molar-refractivity contribution < 1.29 is 23.1 Å². The average Bonchev–Trinajstić information content (AvgIpc) is 2.96. The van der Waals surface area contributed by atoms with E-state index >= 15 is 0 Å². The fraction of sp³-hybridized carbons (Fsp3) is 0.583. The first-order valence-corrected chi connectivity index (χ1v) is 7.79. The zero-order chi connectivity index (χ0) is 14.9. The SMILES string of the molecule is CC(NS(=O)(=O)c1cc(C(=O)O)n(C)c1)C1CCOC1. The maximum absolute atomic E-state index is 12.2. The van der Waals surface area contributed by atoms with Gasteiger partial charge in [-0.25, -0.2) is 17.9 Å². The van der Waals surface area contributed by atoms with Crippen molar-refractivity contribution in [2.24, 2.45) is 13.0 Å². The second-order valence-corrected chi connectivity index (χ2v) is 6.72. The molecule has 0 amide bonds. The lowest BCUT2D eigenvalue weighted by atomic mass is 10.0. The number of sulfonamides is 1. The van der Waals surface area contributed by atoms with Gasteiger partial charge < -0.3 is 14.4 Å². The summed E-state index contributed by atoms with van der Waals surface area (Å²) in [6.07, 6.45) is 2.11. The van der Waals surface area contributed by atoms with E-state index in [-0.39, 0.29) is 22.5 Å². The third-order valence-corrected chi connectivity index (χ3v) is 5.05. The topological polar surface area (TPSA) is 97.6 Å². The van der Waals surface area contributed by atoms with Gasteiger partial charge in [-0.3, -0.25) is 0 Å². The highest BCUT2D eigenvalue weighted by Gasteiger charge is 2.28. The lowest BCUT2D eigenvalue weighted by molar-refractivity contribution is 0.0686. The van der Waals surface area contributed by atoms with Crippen LogP contribution in [-0.2, 0) is 21.8 Å². The molecule has 0 spiro atoms. The van der Waals surface area contributed by atoms with E-state index in [4.69, 9.17) is 9.84 Å². The Bertz CT molecular complexity index is 601. The van der Waals surface area contributed by atoms with E-state index in [0.717, 1.165) is 12.5 Å². The molecule has 2 rings (SSSR count). The molecular formula is C12H18N2O5S. The fourth-order valence-corrected chi connectivity index (χ4v) is 3.63. The van der Waals surface area contributed by atoms with Crippen molar-refractivity contribution in [1.82, 2.24) is 9.29 Å². The smallest absolute Gasteiger partial charge is 0.352 e. The molecular weight excluding hydrogens is 284 g/mol. The van der Waals surface area contributed by atoms with Crippen LogP contribution in [0, 0.1) is 5.92 Å². The molecule has 0 aromatic carbocycles. The van der Waals surface area contributed by atoms with Gasteiger partial charge in [0.05, 0.1) is 6.61 Å². The monoisotopic (exact) mass is 302 g/mol. The van der Waals surface area contributed by atoms with Crippen LogP contribution in [0.25, 0.3) is 0 Å². The first kappa shape index (κ1) is 15.0. The minimum Gasteiger partial charge on any atom is -0.477 e. The number of carbonyl (C=O) groups is 1. The Morgan fingerprint density at radius 1 is 1.60 bits per heavy atom. The van der Waals surface area contributed by atoms with Crippen molar-refractivity contribution in [3.05, 3.63) is 18.0 Å². The highest BCUT2D eigenvalue weighted by atomic mass is 32.2. The van der Waals surface area contributed by atoms with Crippen LogP contribution in [0.5, 0.6) is 0 Å². The number of carboxylic acid groups (broad SMARTS) is 1. The lowest BCUT2D eigenvalue weighted by Gasteiger charge is -2.18. The highest BCUT2D eigenvalue weighted by Crippen LogP contribution is 2.19. The third kappa shape index (κ3) is 3.02. The van der Waals surface area contributed by atoms with Crippen LogP contribution in [0.2, 0.25) is 0 Å². The van der Waals surface area contributed by atoms with Crippen molar-refractivity contribution in [3.63, 3.8) is 0 Å². The largest absolute Gasteiger partial charge is 0.477 e. The average molecular weight is 302 g/mol. The van der Waals surface area contributed by atoms with Gasteiger partial charge in [0.15, 0.2) is 0 Å². The Morgan fingerprint density at radius 2 is 2.30 bits per heavy atom. The van der Waals surface area contributed by atoms with Crippen LogP contribution in [0.1, 0.15) is 23.8 Å². The molecule has 1 saturated heterocycles. The van der Waals surface area contributed by atoms with Crippen molar-refractivity contribution in [1.29, 1.82) is 0 Å². The summed E-state index contributed by atoms with van der Waals surface area (Å²) in [6, 6.07) is 0.902. The Labute approximate surface area is 117 Å². The normalized spacial score (nSPS) is 21.0. The zero-order valence-electron chi connectivity index (χ0n) is 11.4. The predicted molar refractivity (Wildman–Crippen MR) is 71.1 cm³/mol. The van der Waals surface area contributed by atoms with Crippen LogP contribution < -0.4 is 4.72 Å². The zero-order valence-corrected chi connectivity index (χ0v) is 12.2. The molecule has 0 saturated carbocycles. The second-order valence-electron chi connectivity index (χ2n) is 5.01. The van der Waals surface area contributed by atoms with E-state index in [1.807, 2.05) is 0 Å². The molecule has 1 aliphatic heterocycles. The second kappa shape index (κ2) is 5.55. The highest BCUT2D eigenvalue weighted by molar-refractivity contribution is 7.89. The lowest BCUT2D eigenvalue weighted by Crippen LogP contribution is -2.38. The standard InChI is InChI=1S/C12H18N2O5S/c1-8(9-3-4-19-7-9)13-20(17,18)10-5-11(12(15)16)14(2)6-10/h5-6,8-9,13H,3-4,7H2,1-2H3,(H,15,16). The van der Waals surface area contributed by atoms with Crippen LogP contribution in [0.15, 0.2) is 17.2 Å². The Kier molecular flexibility index (Phi) is 4.17. The molecule has 2 atom stereocenters. The van der Waals surface area contributed by atoms with Gasteiger partial charge in [0, 0.05) is 31.8 Å². The number of aromatic nitrogens is 1. The van der Waals surface area contributed by atoms with Crippen molar-refractivity contribution >= 4 is 16.0 Å². The van der Waals surface area contributed by atoms with Crippen LogP contribution >= 0.6 is 0 Å². The Morgan fingerprint density at radius 3 is 2.80 bits per heavy atom. The molecule has 0 bridgehead atoms. The molecule has 1 aromatic heterocycles. The maximum Gasteiger partial charge on any atom is 0.352 e. The minimum absolute atomic E-state index is 0.0387. The molecule has 2 N–H and O–H groups in total. The van der Waals surface area contributed by atoms with Crippen LogP contribution in [-0.4, -0.2) is 43.3 Å². The molecule has 1 aliphatic rings. The van der Waals surface area contributed by atoms with E-state index in [1.165, 1.54) is 17.8 Å². The number of aromatic carboxylic acids is 1. The van der Waals surface area contributed by atoms with E-state index < -0.39 is 16.0 Å². The number of rotatable bonds is 5. The van der Waals surface area contributed by atoms with E-state index in [0.29, 0.717) is 13.2 Å². The molecule has 1 fully saturated rings. The fourth-order valence-electron chi connectivity index (χ4n) is 2.25. The predicted octanol–water partition coefficient (Wildman–Crippen LogP) is 0.427. The molecule has 8 heteroatoms. The van der Waals surface area contributed by atoms with Crippen LogP contribution in [0.4, 0.5) is 0 Å². The van der Waals surface area contributed by atoms with E-state index in [9.17, 15) is 13.2 Å². The van der Waals surface area contributed by atoms with Gasteiger partial charge in [-0.15, -0.1) is 0 Å². The van der Waals surface area contributed by atoms with Gasteiger partial charge in [-0.1, -0.05) is 0 Å². The molecule has 20 heavy (non-hydrogen) atoms. The van der Waals surface area contributed by atoms with E-state index in [1.54, 1.807) is 6.92 Å². The summed E-state index contributed by atoms with van der Waals surface area (Å²) in [5.74, 6) is -1.02. The molecule has 0 aliphatic carbocycles. The molecule has 2 heterocycles. The van der Waals surface area contributed by atoms with Gasteiger partial charge in [0.1, 0.15) is 10.6 Å². The van der Waals surface area contributed by atoms with Gasteiger partial charge in [0.25, 0.3) is 0 Å². The first-order valence-electron chi connectivity index (χ1n) is 6.31. The Balaban J connectivity index is 2.17. The molecule has 7 nitrogen and oxygen atoms in total. The Hall–Kier alpha value is -1.38. The number of aryl methyl sites for hydroxylation is 1. The maximum atomic E-state index is 12.2. The summed E-state index contributed by atoms with van der Waals surface area (Å²) in [7, 11) is -2.23. The summed E-state index contributed by atoms with van der Waals surface area (Å²) < 4.78 is 33.6. The first-order chi connectivity index (χ1) is 9.31. The third-order valence-electron chi connectivity index (χ3n) is 3.52.